The molecule has 0 fully saturated rings. The topological polar surface area (TPSA) is 25.2 Å². The molecule has 0 atom stereocenters. The Morgan fingerprint density at radius 3 is 2.43 bits per heavy atom. The summed E-state index contributed by atoms with van der Waals surface area (Å²) in [5.74, 6) is -2.19. The molecule has 5 heteroatoms. The minimum Gasteiger partial charge on any atom is -0.461 e. The maximum atomic E-state index is 13.6. The number of anilines is 1. The highest BCUT2D eigenvalue weighted by molar-refractivity contribution is 5.82. The highest BCUT2D eigenvalue weighted by atomic mass is 19.1. The summed E-state index contributed by atoms with van der Waals surface area (Å²) in [4.78, 5) is 0. The maximum absolute atomic E-state index is 13.6. The summed E-state index contributed by atoms with van der Waals surface area (Å²) < 4.78 is 45.6. The summed E-state index contributed by atoms with van der Waals surface area (Å²) in [5, 5.41) is 3.55. The number of rotatable bonds is 3. The van der Waals surface area contributed by atoms with Crippen LogP contribution in [0.4, 0.5) is 18.9 Å². The van der Waals surface area contributed by atoms with Gasteiger partial charge in [0.25, 0.3) is 0 Å². The first-order valence-corrected chi connectivity index (χ1v) is 6.41. The molecule has 0 aliphatic rings. The lowest BCUT2D eigenvalue weighted by molar-refractivity contribution is 0.546. The number of fused-ring (bicyclic) bond motifs is 1. The second kappa shape index (κ2) is 5.16. The predicted octanol–water partition coefficient (Wildman–Crippen LogP) is 4.77. The van der Waals surface area contributed by atoms with Crippen LogP contribution in [0.5, 0.6) is 0 Å². The van der Waals surface area contributed by atoms with Gasteiger partial charge in [-0.25, -0.2) is 13.2 Å². The van der Waals surface area contributed by atoms with Crippen LogP contribution >= 0.6 is 0 Å². The number of furan rings is 1. The van der Waals surface area contributed by atoms with Crippen molar-refractivity contribution in [1.29, 1.82) is 0 Å². The fourth-order valence-corrected chi connectivity index (χ4v) is 2.33. The minimum absolute atomic E-state index is 0.183. The predicted molar refractivity (Wildman–Crippen MR) is 74.6 cm³/mol. The zero-order valence-electron chi connectivity index (χ0n) is 11.2. The molecule has 0 spiro atoms. The van der Waals surface area contributed by atoms with Gasteiger partial charge in [0.1, 0.15) is 22.8 Å². The van der Waals surface area contributed by atoms with Crippen molar-refractivity contribution >= 4 is 16.7 Å². The van der Waals surface area contributed by atoms with Crippen LogP contribution in [0.3, 0.4) is 0 Å². The van der Waals surface area contributed by atoms with E-state index in [1.165, 1.54) is 0 Å². The molecule has 0 unspecified atom stereocenters. The summed E-state index contributed by atoms with van der Waals surface area (Å²) in [5.41, 5.74) is 1.18. The van der Waals surface area contributed by atoms with Crippen LogP contribution in [0.25, 0.3) is 11.0 Å². The van der Waals surface area contributed by atoms with Crippen molar-refractivity contribution in [1.82, 2.24) is 0 Å². The SMILES string of the molecule is Cc1oc2ccccc2c1CNc1c(F)cc(F)cc1F. The van der Waals surface area contributed by atoms with E-state index in [4.69, 9.17) is 4.42 Å². The molecule has 0 aliphatic heterocycles. The molecule has 21 heavy (non-hydrogen) atoms. The Balaban J connectivity index is 1.92. The van der Waals surface area contributed by atoms with Gasteiger partial charge in [0, 0.05) is 29.6 Å². The van der Waals surface area contributed by atoms with Gasteiger partial charge in [-0.2, -0.15) is 0 Å². The van der Waals surface area contributed by atoms with Crippen molar-refractivity contribution in [2.24, 2.45) is 0 Å². The fraction of sp³-hybridized carbons (Fsp3) is 0.125. The zero-order valence-corrected chi connectivity index (χ0v) is 11.2. The minimum atomic E-state index is -0.960. The van der Waals surface area contributed by atoms with E-state index in [1.54, 1.807) is 6.92 Å². The number of halogens is 3. The monoisotopic (exact) mass is 291 g/mol. The van der Waals surface area contributed by atoms with Crippen molar-refractivity contribution in [2.45, 2.75) is 13.5 Å². The Kier molecular flexibility index (Phi) is 3.33. The van der Waals surface area contributed by atoms with E-state index >= 15 is 0 Å². The first kappa shape index (κ1) is 13.5. The molecule has 1 aromatic heterocycles. The quantitative estimate of drug-likeness (QED) is 0.752. The van der Waals surface area contributed by atoms with Crippen LogP contribution in [0, 0.1) is 24.4 Å². The van der Waals surface area contributed by atoms with E-state index in [-0.39, 0.29) is 12.2 Å². The summed E-state index contributed by atoms with van der Waals surface area (Å²) in [6.07, 6.45) is 0. The van der Waals surface area contributed by atoms with Crippen molar-refractivity contribution in [3.63, 3.8) is 0 Å². The second-order valence-corrected chi connectivity index (χ2v) is 4.73. The van der Waals surface area contributed by atoms with Gasteiger partial charge < -0.3 is 9.73 Å². The van der Waals surface area contributed by atoms with E-state index in [0.717, 1.165) is 10.9 Å². The second-order valence-electron chi connectivity index (χ2n) is 4.73. The third-order valence-corrected chi connectivity index (χ3v) is 3.35. The lowest BCUT2D eigenvalue weighted by Gasteiger charge is -2.08. The molecule has 0 saturated heterocycles. The van der Waals surface area contributed by atoms with Gasteiger partial charge in [-0.1, -0.05) is 18.2 Å². The molecule has 108 valence electrons. The smallest absolute Gasteiger partial charge is 0.152 e. The average Bonchev–Trinajstić information content (AvgIpc) is 2.73. The van der Waals surface area contributed by atoms with Gasteiger partial charge in [0.2, 0.25) is 0 Å². The standard InChI is InChI=1S/C16H12F3NO/c1-9-12(11-4-2-3-5-15(11)21-9)8-20-16-13(18)6-10(17)7-14(16)19/h2-7,20H,8H2,1H3. The first-order chi connectivity index (χ1) is 10.1. The van der Waals surface area contributed by atoms with E-state index in [1.807, 2.05) is 24.3 Å². The van der Waals surface area contributed by atoms with Gasteiger partial charge in [0.15, 0.2) is 11.6 Å². The molecule has 0 bridgehead atoms. The van der Waals surface area contributed by atoms with Crippen LogP contribution in [-0.2, 0) is 6.54 Å². The van der Waals surface area contributed by atoms with Crippen LogP contribution in [0.15, 0.2) is 40.8 Å². The Hall–Kier alpha value is -2.43. The molecule has 2 aromatic carbocycles. The molecule has 2 nitrogen and oxygen atoms in total. The molecule has 0 radical (unpaired) electrons. The zero-order chi connectivity index (χ0) is 15.0. The van der Waals surface area contributed by atoms with Gasteiger partial charge in [0.05, 0.1) is 0 Å². The maximum Gasteiger partial charge on any atom is 0.152 e. The van der Waals surface area contributed by atoms with E-state index in [9.17, 15) is 13.2 Å². The molecular weight excluding hydrogens is 279 g/mol. The van der Waals surface area contributed by atoms with Crippen molar-refractivity contribution in [3.8, 4) is 0 Å². The molecular formula is C16H12F3NO. The van der Waals surface area contributed by atoms with Crippen LogP contribution in [0.1, 0.15) is 11.3 Å². The Bertz CT molecular complexity index is 787. The number of aryl methyl sites for hydroxylation is 1. The number of hydrogen-bond donors (Lipinski definition) is 1. The molecule has 3 aromatic rings. The highest BCUT2D eigenvalue weighted by Crippen LogP contribution is 2.27. The molecule has 1 N–H and O–H groups in total. The van der Waals surface area contributed by atoms with Crippen LogP contribution < -0.4 is 5.32 Å². The molecule has 3 rings (SSSR count). The average molecular weight is 291 g/mol. The number of benzene rings is 2. The van der Waals surface area contributed by atoms with Crippen molar-refractivity contribution in [2.75, 3.05) is 5.32 Å². The van der Waals surface area contributed by atoms with Gasteiger partial charge >= 0.3 is 0 Å². The van der Waals surface area contributed by atoms with Gasteiger partial charge in [-0.05, 0) is 13.0 Å². The Labute approximate surface area is 119 Å². The van der Waals surface area contributed by atoms with Gasteiger partial charge in [-0.15, -0.1) is 0 Å². The van der Waals surface area contributed by atoms with E-state index < -0.39 is 17.5 Å². The van der Waals surface area contributed by atoms with Crippen LogP contribution in [0.2, 0.25) is 0 Å². The molecule has 0 saturated carbocycles. The highest BCUT2D eigenvalue weighted by Gasteiger charge is 2.14. The third kappa shape index (κ3) is 2.46. The summed E-state index contributed by atoms with van der Waals surface area (Å²) >= 11 is 0. The van der Waals surface area contributed by atoms with E-state index in [2.05, 4.69) is 5.32 Å². The molecule has 0 amide bonds. The third-order valence-electron chi connectivity index (χ3n) is 3.35. The summed E-state index contributed by atoms with van der Waals surface area (Å²) in [7, 11) is 0. The lowest BCUT2D eigenvalue weighted by atomic mass is 10.1. The largest absolute Gasteiger partial charge is 0.461 e. The summed E-state index contributed by atoms with van der Waals surface area (Å²) in [6.45, 7) is 1.97. The fourth-order valence-electron chi connectivity index (χ4n) is 2.33. The molecule has 1 heterocycles. The number of hydrogen-bond acceptors (Lipinski definition) is 2. The molecule has 0 aliphatic carbocycles. The van der Waals surface area contributed by atoms with Crippen LogP contribution in [-0.4, -0.2) is 0 Å². The summed E-state index contributed by atoms with van der Waals surface area (Å²) in [6, 6.07) is 8.70. The number of nitrogens with one attached hydrogen (secondary N) is 1. The van der Waals surface area contributed by atoms with Crippen molar-refractivity contribution in [3.05, 3.63) is 65.2 Å². The first-order valence-electron chi connectivity index (χ1n) is 6.41. The number of para-hydroxylation sites is 1. The lowest BCUT2D eigenvalue weighted by Crippen LogP contribution is -2.05. The Morgan fingerprint density at radius 2 is 1.71 bits per heavy atom. The van der Waals surface area contributed by atoms with E-state index in [0.29, 0.717) is 23.5 Å². The van der Waals surface area contributed by atoms with Gasteiger partial charge in [-0.3, -0.25) is 0 Å². The Morgan fingerprint density at radius 1 is 1.05 bits per heavy atom. The normalized spacial score (nSPS) is 11.0. The van der Waals surface area contributed by atoms with Crippen molar-refractivity contribution < 1.29 is 17.6 Å².